The molecule has 1 saturated heterocycles. The van der Waals surface area contributed by atoms with E-state index < -0.39 is 0 Å². The first kappa shape index (κ1) is 26.4. The summed E-state index contributed by atoms with van der Waals surface area (Å²) in [4.78, 5) is 27.6. The quantitative estimate of drug-likeness (QED) is 0.470. The van der Waals surface area contributed by atoms with E-state index in [2.05, 4.69) is 22.3 Å². The molecule has 184 valence electrons. The highest BCUT2D eigenvalue weighted by atomic mass is 35.5. The van der Waals surface area contributed by atoms with E-state index in [0.717, 1.165) is 32.4 Å². The van der Waals surface area contributed by atoms with Crippen molar-refractivity contribution < 1.29 is 14.0 Å². The highest BCUT2D eigenvalue weighted by Gasteiger charge is 2.39. The molecule has 0 bridgehead atoms. The molecule has 1 saturated carbocycles. The zero-order chi connectivity index (χ0) is 23.0. The van der Waals surface area contributed by atoms with Gasteiger partial charge in [-0.05, 0) is 74.4 Å². The Morgan fingerprint density at radius 1 is 0.941 bits per heavy atom. The molecule has 0 spiro atoms. The molecule has 2 aliphatic rings. The molecule has 1 aliphatic carbocycles. The molecule has 4 rings (SSSR count). The van der Waals surface area contributed by atoms with Crippen LogP contribution in [0.4, 0.5) is 4.39 Å². The fraction of sp³-hybridized carbons (Fsp3) is 0.500. The van der Waals surface area contributed by atoms with Gasteiger partial charge in [0.25, 0.3) is 0 Å². The number of ketones is 1. The van der Waals surface area contributed by atoms with Crippen LogP contribution in [0.15, 0.2) is 54.6 Å². The molecule has 1 amide bonds. The van der Waals surface area contributed by atoms with Crippen molar-refractivity contribution >= 4 is 24.1 Å². The fourth-order valence-electron chi connectivity index (χ4n) is 5.61. The number of nitrogens with zero attached hydrogens (tertiary/aromatic N) is 1. The first-order valence-electron chi connectivity index (χ1n) is 12.5. The third kappa shape index (κ3) is 7.13. The highest BCUT2D eigenvalue weighted by Crippen LogP contribution is 2.36. The Kier molecular flexibility index (Phi) is 10.1. The number of aryl methyl sites for hydroxylation is 1. The Bertz CT molecular complexity index is 922. The van der Waals surface area contributed by atoms with Crippen LogP contribution in [0.3, 0.4) is 0 Å². The van der Waals surface area contributed by atoms with Crippen molar-refractivity contribution in [1.82, 2.24) is 10.2 Å². The summed E-state index contributed by atoms with van der Waals surface area (Å²) < 4.78 is 13.1. The van der Waals surface area contributed by atoms with Crippen molar-refractivity contribution in [3.63, 3.8) is 0 Å². The van der Waals surface area contributed by atoms with Crippen LogP contribution in [-0.2, 0) is 11.2 Å². The molecule has 2 aromatic rings. The number of rotatable bonds is 9. The van der Waals surface area contributed by atoms with Crippen molar-refractivity contribution in [3.05, 3.63) is 71.5 Å². The molecule has 4 nitrogen and oxygen atoms in total. The van der Waals surface area contributed by atoms with Gasteiger partial charge in [0.15, 0.2) is 5.78 Å². The Labute approximate surface area is 208 Å². The van der Waals surface area contributed by atoms with Crippen LogP contribution >= 0.6 is 12.4 Å². The first-order chi connectivity index (χ1) is 16.1. The van der Waals surface area contributed by atoms with Crippen molar-refractivity contribution in [2.24, 2.45) is 5.92 Å². The average Bonchev–Trinajstić information content (AvgIpc) is 2.85. The van der Waals surface area contributed by atoms with Crippen LogP contribution in [0, 0.1) is 11.7 Å². The molecular weight excluding hydrogens is 451 g/mol. The molecule has 2 fully saturated rings. The number of carbonyl (C=O) groups is 2. The molecule has 34 heavy (non-hydrogen) atoms. The van der Waals surface area contributed by atoms with Crippen molar-refractivity contribution in [2.45, 2.75) is 69.9 Å². The number of hydrogen-bond acceptors (Lipinski definition) is 3. The van der Waals surface area contributed by atoms with Gasteiger partial charge in [-0.1, -0.05) is 43.2 Å². The lowest BCUT2D eigenvalue weighted by atomic mass is 9.75. The Morgan fingerprint density at radius 3 is 2.44 bits per heavy atom. The predicted molar refractivity (Wildman–Crippen MR) is 136 cm³/mol. The van der Waals surface area contributed by atoms with Gasteiger partial charge < -0.3 is 5.32 Å². The molecule has 0 radical (unpaired) electrons. The van der Waals surface area contributed by atoms with Crippen molar-refractivity contribution in [2.75, 3.05) is 13.1 Å². The Morgan fingerprint density at radius 2 is 1.68 bits per heavy atom. The van der Waals surface area contributed by atoms with Gasteiger partial charge in [0.05, 0.1) is 0 Å². The number of Topliss-reactive ketones (excluding diaryl/α,β-unsaturated/α-hetero) is 1. The summed E-state index contributed by atoms with van der Waals surface area (Å²) in [6.07, 6.45) is 8.40. The van der Waals surface area contributed by atoms with E-state index in [-0.39, 0.29) is 36.0 Å². The zero-order valence-corrected chi connectivity index (χ0v) is 20.6. The van der Waals surface area contributed by atoms with Crippen LogP contribution in [0.25, 0.3) is 0 Å². The molecule has 6 heteroatoms. The van der Waals surface area contributed by atoms with E-state index >= 15 is 0 Å². The standard InChI is InChI=1S/C28H35FN2O2.ClH/c29-23-15-13-22(14-16-23)27(32)11-6-19-31-20-18-25(24-9-4-5-10-26(24)31)30-28(33)17-12-21-7-2-1-3-8-21;/h1-3,7-8,13-16,24-26H,4-6,9-12,17-20H2,(H,30,33);1H/t24-,25-,26?;/m0./s1. The molecule has 1 heterocycles. The molecule has 1 aliphatic heterocycles. The number of fused-ring (bicyclic) bond motifs is 1. The third-order valence-corrected chi connectivity index (χ3v) is 7.34. The highest BCUT2D eigenvalue weighted by molar-refractivity contribution is 5.95. The van der Waals surface area contributed by atoms with Gasteiger partial charge in [0, 0.05) is 37.0 Å². The maximum absolute atomic E-state index is 13.1. The third-order valence-electron chi connectivity index (χ3n) is 7.34. The summed E-state index contributed by atoms with van der Waals surface area (Å²) in [5, 5.41) is 3.36. The number of amides is 1. The molecule has 2 aromatic carbocycles. The number of likely N-dealkylation sites (tertiary alicyclic amines) is 1. The minimum absolute atomic E-state index is 0. The molecular formula is C28H36ClFN2O2. The lowest BCUT2D eigenvalue weighted by Crippen LogP contribution is -2.57. The second-order valence-electron chi connectivity index (χ2n) is 9.53. The van der Waals surface area contributed by atoms with Crippen LogP contribution in [0.1, 0.15) is 67.3 Å². The van der Waals surface area contributed by atoms with Crippen LogP contribution in [-0.4, -0.2) is 41.8 Å². The number of hydrogen-bond donors (Lipinski definition) is 1. The predicted octanol–water partition coefficient (Wildman–Crippen LogP) is 5.59. The van der Waals surface area contributed by atoms with E-state index in [4.69, 9.17) is 0 Å². The number of carbonyl (C=O) groups excluding carboxylic acids is 2. The van der Waals surface area contributed by atoms with Crippen molar-refractivity contribution in [1.29, 1.82) is 0 Å². The SMILES string of the molecule is Cl.O=C(CCc1ccccc1)N[C@H]1CCN(CCCC(=O)c2ccc(F)cc2)C2CCCC[C@H]21. The number of piperidine rings is 1. The molecule has 3 atom stereocenters. The average molecular weight is 487 g/mol. The minimum Gasteiger partial charge on any atom is -0.353 e. The monoisotopic (exact) mass is 486 g/mol. The number of halogens is 2. The maximum atomic E-state index is 13.1. The normalized spacial score (nSPS) is 22.3. The van der Waals surface area contributed by atoms with Gasteiger partial charge in [-0.15, -0.1) is 12.4 Å². The summed E-state index contributed by atoms with van der Waals surface area (Å²) in [6, 6.07) is 16.8. The van der Waals surface area contributed by atoms with E-state index in [1.807, 2.05) is 18.2 Å². The molecule has 1 N–H and O–H groups in total. The number of nitrogens with one attached hydrogen (secondary N) is 1. The summed E-state index contributed by atoms with van der Waals surface area (Å²) in [5.74, 6) is 0.424. The summed E-state index contributed by atoms with van der Waals surface area (Å²) >= 11 is 0. The lowest BCUT2D eigenvalue weighted by Gasteiger charge is -2.48. The van der Waals surface area contributed by atoms with Crippen LogP contribution < -0.4 is 5.32 Å². The van der Waals surface area contributed by atoms with E-state index in [1.165, 1.54) is 43.4 Å². The second kappa shape index (κ2) is 13.0. The van der Waals surface area contributed by atoms with Crippen LogP contribution in [0.2, 0.25) is 0 Å². The van der Waals surface area contributed by atoms with E-state index in [0.29, 0.717) is 30.4 Å². The van der Waals surface area contributed by atoms with Crippen LogP contribution in [0.5, 0.6) is 0 Å². The number of benzene rings is 2. The first-order valence-corrected chi connectivity index (χ1v) is 12.5. The summed E-state index contributed by atoms with van der Waals surface area (Å²) in [7, 11) is 0. The van der Waals surface area contributed by atoms with E-state index in [1.54, 1.807) is 12.1 Å². The molecule has 1 unspecified atom stereocenters. The van der Waals surface area contributed by atoms with Gasteiger partial charge in [-0.3, -0.25) is 14.5 Å². The van der Waals surface area contributed by atoms with Gasteiger partial charge in [0.1, 0.15) is 5.82 Å². The molecule has 0 aromatic heterocycles. The van der Waals surface area contributed by atoms with Gasteiger partial charge in [0.2, 0.25) is 5.91 Å². The smallest absolute Gasteiger partial charge is 0.220 e. The Balaban J connectivity index is 0.00000324. The van der Waals surface area contributed by atoms with Crippen molar-refractivity contribution in [3.8, 4) is 0 Å². The minimum atomic E-state index is -0.315. The zero-order valence-electron chi connectivity index (χ0n) is 19.8. The topological polar surface area (TPSA) is 49.4 Å². The maximum Gasteiger partial charge on any atom is 0.220 e. The second-order valence-corrected chi connectivity index (χ2v) is 9.53. The summed E-state index contributed by atoms with van der Waals surface area (Å²) in [5.41, 5.74) is 1.79. The fourth-order valence-corrected chi connectivity index (χ4v) is 5.61. The lowest BCUT2D eigenvalue weighted by molar-refractivity contribution is -0.123. The van der Waals surface area contributed by atoms with Gasteiger partial charge in [-0.25, -0.2) is 4.39 Å². The summed E-state index contributed by atoms with van der Waals surface area (Å²) in [6.45, 7) is 1.87. The largest absolute Gasteiger partial charge is 0.353 e. The van der Waals surface area contributed by atoms with E-state index in [9.17, 15) is 14.0 Å². The Hall–Kier alpha value is -2.24. The van der Waals surface area contributed by atoms with Gasteiger partial charge >= 0.3 is 0 Å². The van der Waals surface area contributed by atoms with Gasteiger partial charge in [-0.2, -0.15) is 0 Å².